The maximum absolute atomic E-state index is 11.9. The zero-order chi connectivity index (χ0) is 15.4. The molecule has 1 amide bonds. The van der Waals surface area contributed by atoms with Crippen molar-refractivity contribution in [2.45, 2.75) is 20.0 Å². The fourth-order valence-corrected chi connectivity index (χ4v) is 1.88. The maximum Gasteiger partial charge on any atom is 0.349 e. The van der Waals surface area contributed by atoms with Gasteiger partial charge in [0, 0.05) is 24.5 Å². The first-order valence-corrected chi connectivity index (χ1v) is 6.74. The zero-order valence-electron chi connectivity index (χ0n) is 12.0. The molecule has 0 unspecified atom stereocenters. The van der Waals surface area contributed by atoms with E-state index in [0.717, 1.165) is 0 Å². The molecule has 6 heteroatoms. The summed E-state index contributed by atoms with van der Waals surface area (Å²) in [7, 11) is 0. The number of carbonyl (C=O) groups excluding carboxylic acids is 1. The van der Waals surface area contributed by atoms with Crippen molar-refractivity contribution in [1.82, 2.24) is 5.32 Å². The van der Waals surface area contributed by atoms with Crippen molar-refractivity contribution < 1.29 is 13.9 Å². The Labute approximate surface area is 121 Å². The molecule has 0 saturated carbocycles. The van der Waals surface area contributed by atoms with E-state index in [0.29, 0.717) is 29.8 Å². The van der Waals surface area contributed by atoms with Crippen molar-refractivity contribution >= 4 is 16.9 Å². The molecule has 0 radical (unpaired) electrons. The lowest BCUT2D eigenvalue weighted by Crippen LogP contribution is -2.32. The first-order valence-electron chi connectivity index (χ1n) is 6.74. The molecule has 2 rings (SSSR count). The molecule has 3 N–H and O–H groups in total. The third-order valence-corrected chi connectivity index (χ3v) is 2.75. The summed E-state index contributed by atoms with van der Waals surface area (Å²) in [5.74, 6) is 0.125. The third-order valence-electron chi connectivity index (χ3n) is 2.75. The van der Waals surface area contributed by atoms with Gasteiger partial charge in [-0.3, -0.25) is 4.79 Å². The molecular weight excluding hydrogens is 272 g/mol. The van der Waals surface area contributed by atoms with Crippen molar-refractivity contribution in [3.8, 4) is 5.75 Å². The van der Waals surface area contributed by atoms with Gasteiger partial charge in [0.1, 0.15) is 16.9 Å². The molecule has 0 aliphatic carbocycles. The number of hydrogen-bond acceptors (Lipinski definition) is 5. The molecule has 0 spiro atoms. The topological polar surface area (TPSA) is 94.6 Å². The summed E-state index contributed by atoms with van der Waals surface area (Å²) in [6.07, 6.45) is 0.0236. The van der Waals surface area contributed by atoms with Gasteiger partial charge in [-0.15, -0.1) is 0 Å². The SMILES string of the molecule is CC(C)Oc1ccc2cc(C(=O)NCCN)c(=O)oc2c1. The minimum Gasteiger partial charge on any atom is -0.491 e. The molecule has 112 valence electrons. The van der Waals surface area contributed by atoms with E-state index in [1.807, 2.05) is 13.8 Å². The van der Waals surface area contributed by atoms with Gasteiger partial charge in [-0.2, -0.15) is 0 Å². The highest BCUT2D eigenvalue weighted by Gasteiger charge is 2.13. The first kappa shape index (κ1) is 15.1. The van der Waals surface area contributed by atoms with E-state index in [4.69, 9.17) is 14.9 Å². The van der Waals surface area contributed by atoms with E-state index in [1.165, 1.54) is 6.07 Å². The van der Waals surface area contributed by atoms with E-state index in [2.05, 4.69) is 5.32 Å². The van der Waals surface area contributed by atoms with Crippen LogP contribution in [0.5, 0.6) is 5.75 Å². The van der Waals surface area contributed by atoms with Crippen LogP contribution >= 0.6 is 0 Å². The highest BCUT2D eigenvalue weighted by molar-refractivity contribution is 5.96. The molecule has 1 heterocycles. The maximum atomic E-state index is 11.9. The number of nitrogens with one attached hydrogen (secondary N) is 1. The highest BCUT2D eigenvalue weighted by Crippen LogP contribution is 2.21. The molecular formula is C15H18N2O4. The van der Waals surface area contributed by atoms with Crippen molar-refractivity contribution in [2.24, 2.45) is 5.73 Å². The van der Waals surface area contributed by atoms with Gasteiger partial charge in [0.2, 0.25) is 0 Å². The van der Waals surface area contributed by atoms with E-state index >= 15 is 0 Å². The Morgan fingerprint density at radius 3 is 2.81 bits per heavy atom. The summed E-state index contributed by atoms with van der Waals surface area (Å²) in [6, 6.07) is 6.66. The third kappa shape index (κ3) is 3.61. The lowest BCUT2D eigenvalue weighted by Gasteiger charge is -2.10. The smallest absolute Gasteiger partial charge is 0.349 e. The van der Waals surface area contributed by atoms with Gasteiger partial charge in [0.25, 0.3) is 5.91 Å². The second-order valence-electron chi connectivity index (χ2n) is 4.86. The highest BCUT2D eigenvalue weighted by atomic mass is 16.5. The summed E-state index contributed by atoms with van der Waals surface area (Å²) in [5, 5.41) is 3.20. The molecule has 2 aromatic rings. The molecule has 1 aromatic carbocycles. The van der Waals surface area contributed by atoms with Crippen LogP contribution in [0.3, 0.4) is 0 Å². The fourth-order valence-electron chi connectivity index (χ4n) is 1.88. The van der Waals surface area contributed by atoms with Gasteiger partial charge in [-0.1, -0.05) is 0 Å². The summed E-state index contributed by atoms with van der Waals surface area (Å²) >= 11 is 0. The molecule has 6 nitrogen and oxygen atoms in total. The molecule has 0 bridgehead atoms. The molecule has 1 aromatic heterocycles. The molecule has 0 saturated heterocycles. The van der Waals surface area contributed by atoms with Gasteiger partial charge in [0.05, 0.1) is 6.10 Å². The van der Waals surface area contributed by atoms with Crippen LogP contribution in [0, 0.1) is 0 Å². The zero-order valence-corrected chi connectivity index (χ0v) is 12.0. The van der Waals surface area contributed by atoms with Crippen molar-refractivity contribution in [2.75, 3.05) is 13.1 Å². The van der Waals surface area contributed by atoms with Crippen LogP contribution in [-0.4, -0.2) is 25.1 Å². The van der Waals surface area contributed by atoms with Gasteiger partial charge >= 0.3 is 5.63 Å². The lowest BCUT2D eigenvalue weighted by molar-refractivity contribution is 0.0951. The molecule has 0 aliphatic heterocycles. The molecule has 21 heavy (non-hydrogen) atoms. The van der Waals surface area contributed by atoms with Gasteiger partial charge < -0.3 is 20.2 Å². The standard InChI is InChI=1S/C15H18N2O4/c1-9(2)20-11-4-3-10-7-12(14(18)17-6-5-16)15(19)21-13(10)8-11/h3-4,7-9H,5-6,16H2,1-2H3,(H,17,18). The van der Waals surface area contributed by atoms with Crippen molar-refractivity contribution in [3.63, 3.8) is 0 Å². The number of rotatable bonds is 5. The predicted molar refractivity (Wildman–Crippen MR) is 79.6 cm³/mol. The van der Waals surface area contributed by atoms with Crippen LogP contribution in [0.25, 0.3) is 11.0 Å². The molecule has 0 fully saturated rings. The quantitative estimate of drug-likeness (QED) is 0.809. The number of hydrogen-bond donors (Lipinski definition) is 2. The Balaban J connectivity index is 2.38. The van der Waals surface area contributed by atoms with Gasteiger partial charge in [-0.05, 0) is 32.0 Å². The minimum atomic E-state index is -0.682. The Morgan fingerprint density at radius 2 is 2.14 bits per heavy atom. The largest absolute Gasteiger partial charge is 0.491 e. The molecule has 0 aliphatic rings. The van der Waals surface area contributed by atoms with Crippen LogP contribution in [0.2, 0.25) is 0 Å². The monoisotopic (exact) mass is 290 g/mol. The van der Waals surface area contributed by atoms with Crippen LogP contribution in [0.15, 0.2) is 33.5 Å². The van der Waals surface area contributed by atoms with E-state index in [-0.39, 0.29) is 11.7 Å². The number of fused-ring (bicyclic) bond motifs is 1. The summed E-state index contributed by atoms with van der Waals surface area (Å²) in [5.41, 5.74) is 4.98. The molecule has 0 atom stereocenters. The van der Waals surface area contributed by atoms with E-state index in [9.17, 15) is 9.59 Å². The average Bonchev–Trinajstić information content (AvgIpc) is 2.43. The van der Waals surface area contributed by atoms with Crippen molar-refractivity contribution in [1.29, 1.82) is 0 Å². The Morgan fingerprint density at radius 1 is 1.38 bits per heavy atom. The Kier molecular flexibility index (Phi) is 4.59. The van der Waals surface area contributed by atoms with Gasteiger partial charge in [-0.25, -0.2) is 4.79 Å². The summed E-state index contributed by atoms with van der Waals surface area (Å²) in [4.78, 5) is 23.7. The lowest BCUT2D eigenvalue weighted by atomic mass is 10.1. The Hall–Kier alpha value is -2.34. The van der Waals surface area contributed by atoms with Crippen LogP contribution in [-0.2, 0) is 0 Å². The van der Waals surface area contributed by atoms with E-state index in [1.54, 1.807) is 18.2 Å². The second-order valence-corrected chi connectivity index (χ2v) is 4.86. The first-order chi connectivity index (χ1) is 10.0. The second kappa shape index (κ2) is 6.41. The van der Waals surface area contributed by atoms with Crippen molar-refractivity contribution in [3.05, 3.63) is 40.2 Å². The average molecular weight is 290 g/mol. The predicted octanol–water partition coefficient (Wildman–Crippen LogP) is 1.27. The summed E-state index contributed by atoms with van der Waals surface area (Å²) in [6.45, 7) is 4.43. The van der Waals surface area contributed by atoms with Crippen LogP contribution in [0.4, 0.5) is 0 Å². The van der Waals surface area contributed by atoms with Gasteiger partial charge in [0.15, 0.2) is 0 Å². The minimum absolute atomic E-state index is 0.0236. The number of carbonyl (C=O) groups is 1. The van der Waals surface area contributed by atoms with E-state index < -0.39 is 11.5 Å². The number of amides is 1. The number of nitrogens with two attached hydrogens (primary N) is 1. The van der Waals surface area contributed by atoms with Crippen LogP contribution < -0.4 is 21.4 Å². The van der Waals surface area contributed by atoms with Crippen LogP contribution in [0.1, 0.15) is 24.2 Å². The fraction of sp³-hybridized carbons (Fsp3) is 0.333. The number of ether oxygens (including phenoxy) is 1. The number of benzene rings is 1. The normalized spacial score (nSPS) is 10.9. The summed E-state index contributed by atoms with van der Waals surface area (Å²) < 4.78 is 10.7. The Bertz CT molecular complexity index is 706.